The molecule has 4 nitrogen and oxygen atoms in total. The van der Waals surface area contributed by atoms with E-state index in [1.807, 2.05) is 54.6 Å². The maximum Gasteiger partial charge on any atom is 0.331 e. The number of ether oxygens (including phenoxy) is 2. The van der Waals surface area contributed by atoms with Gasteiger partial charge in [0, 0.05) is 12.0 Å². The summed E-state index contributed by atoms with van der Waals surface area (Å²) in [5.41, 5.74) is 1.67. The standard InChI is InChI=1S/C19H18O4/c1-22-17-9-7-14(8-10-17)11-15(18(20)21)12-19(13-23-19)16-5-3-2-4-6-16/h2-11H,12-13H2,1H3,(H,20,21). The van der Waals surface area contributed by atoms with E-state index in [1.54, 1.807) is 13.2 Å². The molecule has 1 saturated heterocycles. The molecular weight excluding hydrogens is 292 g/mol. The third kappa shape index (κ3) is 3.43. The van der Waals surface area contributed by atoms with E-state index in [9.17, 15) is 9.90 Å². The molecule has 4 heteroatoms. The minimum atomic E-state index is -0.924. The summed E-state index contributed by atoms with van der Waals surface area (Å²) in [7, 11) is 1.60. The predicted molar refractivity (Wildman–Crippen MR) is 87.3 cm³/mol. The Bertz CT molecular complexity index is 713. The first-order chi connectivity index (χ1) is 11.1. The highest BCUT2D eigenvalue weighted by molar-refractivity contribution is 5.92. The molecule has 1 heterocycles. The van der Waals surface area contributed by atoms with Crippen LogP contribution in [-0.2, 0) is 15.1 Å². The molecule has 1 aliphatic rings. The molecule has 1 N–H and O–H groups in total. The molecular formula is C19H18O4. The van der Waals surface area contributed by atoms with Crippen LogP contribution in [0, 0.1) is 0 Å². The number of carboxylic acids is 1. The van der Waals surface area contributed by atoms with Gasteiger partial charge in [-0.15, -0.1) is 0 Å². The van der Waals surface area contributed by atoms with Gasteiger partial charge in [-0.25, -0.2) is 4.79 Å². The molecule has 1 atom stereocenters. The van der Waals surface area contributed by atoms with E-state index in [1.165, 1.54) is 0 Å². The summed E-state index contributed by atoms with van der Waals surface area (Å²) in [6, 6.07) is 17.1. The van der Waals surface area contributed by atoms with Crippen LogP contribution in [-0.4, -0.2) is 24.8 Å². The topological polar surface area (TPSA) is 59.1 Å². The molecule has 1 unspecified atom stereocenters. The lowest BCUT2D eigenvalue weighted by atomic mass is 9.91. The van der Waals surface area contributed by atoms with Crippen LogP contribution in [0.2, 0.25) is 0 Å². The molecule has 0 spiro atoms. The minimum Gasteiger partial charge on any atom is -0.497 e. The van der Waals surface area contributed by atoms with Gasteiger partial charge in [0.15, 0.2) is 0 Å². The Morgan fingerprint density at radius 2 is 1.87 bits per heavy atom. The largest absolute Gasteiger partial charge is 0.497 e. The van der Waals surface area contributed by atoms with Crippen LogP contribution in [0.1, 0.15) is 17.5 Å². The molecule has 0 amide bonds. The van der Waals surface area contributed by atoms with Gasteiger partial charge in [0.25, 0.3) is 0 Å². The van der Waals surface area contributed by atoms with Crippen molar-refractivity contribution in [1.82, 2.24) is 0 Å². The number of rotatable bonds is 6. The van der Waals surface area contributed by atoms with Crippen molar-refractivity contribution in [2.24, 2.45) is 0 Å². The molecule has 1 fully saturated rings. The monoisotopic (exact) mass is 310 g/mol. The fraction of sp³-hybridized carbons (Fsp3) is 0.211. The molecule has 0 radical (unpaired) electrons. The van der Waals surface area contributed by atoms with E-state index in [2.05, 4.69) is 0 Å². The van der Waals surface area contributed by atoms with Crippen LogP contribution in [0.25, 0.3) is 6.08 Å². The van der Waals surface area contributed by atoms with Gasteiger partial charge in [0.2, 0.25) is 0 Å². The first-order valence-corrected chi connectivity index (χ1v) is 7.40. The second kappa shape index (κ2) is 6.26. The summed E-state index contributed by atoms with van der Waals surface area (Å²) in [6.45, 7) is 0.546. The highest BCUT2D eigenvalue weighted by Crippen LogP contribution is 2.44. The lowest BCUT2D eigenvalue weighted by molar-refractivity contribution is -0.132. The Morgan fingerprint density at radius 3 is 2.39 bits per heavy atom. The molecule has 0 aliphatic carbocycles. The van der Waals surface area contributed by atoms with Gasteiger partial charge in [0.05, 0.1) is 13.7 Å². The van der Waals surface area contributed by atoms with E-state index in [0.29, 0.717) is 18.6 Å². The maximum atomic E-state index is 11.6. The van der Waals surface area contributed by atoms with Gasteiger partial charge in [-0.3, -0.25) is 0 Å². The Labute approximate surface area is 135 Å². The van der Waals surface area contributed by atoms with Gasteiger partial charge in [0.1, 0.15) is 11.4 Å². The lowest BCUT2D eigenvalue weighted by Crippen LogP contribution is -2.14. The van der Waals surface area contributed by atoms with Crippen molar-refractivity contribution < 1.29 is 19.4 Å². The number of hydrogen-bond acceptors (Lipinski definition) is 3. The average molecular weight is 310 g/mol. The molecule has 0 saturated carbocycles. The highest BCUT2D eigenvalue weighted by atomic mass is 16.6. The van der Waals surface area contributed by atoms with Crippen molar-refractivity contribution in [2.75, 3.05) is 13.7 Å². The zero-order valence-corrected chi connectivity index (χ0v) is 12.9. The summed E-state index contributed by atoms with van der Waals surface area (Å²) < 4.78 is 10.7. The maximum absolute atomic E-state index is 11.6. The zero-order chi connectivity index (χ0) is 16.3. The SMILES string of the molecule is COc1ccc(C=C(CC2(c3ccccc3)CO2)C(=O)O)cc1. The molecule has 0 aromatic heterocycles. The van der Waals surface area contributed by atoms with Crippen LogP contribution in [0.4, 0.5) is 0 Å². The minimum absolute atomic E-state index is 0.330. The second-order valence-electron chi connectivity index (χ2n) is 5.57. The van der Waals surface area contributed by atoms with Crippen molar-refractivity contribution in [1.29, 1.82) is 0 Å². The van der Waals surface area contributed by atoms with Gasteiger partial charge < -0.3 is 14.6 Å². The summed E-state index contributed by atoms with van der Waals surface area (Å²) in [5.74, 6) is -0.183. The lowest BCUT2D eigenvalue weighted by Gasteiger charge is -2.13. The van der Waals surface area contributed by atoms with Crippen molar-refractivity contribution in [3.63, 3.8) is 0 Å². The first kappa shape index (κ1) is 15.3. The van der Waals surface area contributed by atoms with Crippen LogP contribution >= 0.6 is 0 Å². The highest BCUT2D eigenvalue weighted by Gasteiger charge is 2.47. The summed E-state index contributed by atoms with van der Waals surface area (Å²) >= 11 is 0. The van der Waals surface area contributed by atoms with E-state index in [-0.39, 0.29) is 0 Å². The number of hydrogen-bond donors (Lipinski definition) is 1. The molecule has 2 aromatic rings. The van der Waals surface area contributed by atoms with Gasteiger partial charge in [-0.1, -0.05) is 42.5 Å². The smallest absolute Gasteiger partial charge is 0.331 e. The second-order valence-corrected chi connectivity index (χ2v) is 5.57. The fourth-order valence-corrected chi connectivity index (χ4v) is 2.60. The Morgan fingerprint density at radius 1 is 1.22 bits per heavy atom. The van der Waals surface area contributed by atoms with Crippen molar-refractivity contribution >= 4 is 12.0 Å². The first-order valence-electron chi connectivity index (χ1n) is 7.40. The fourth-order valence-electron chi connectivity index (χ4n) is 2.60. The van der Waals surface area contributed by atoms with Crippen LogP contribution in [0.5, 0.6) is 5.75 Å². The Hall–Kier alpha value is -2.59. The number of benzene rings is 2. The van der Waals surface area contributed by atoms with Crippen molar-refractivity contribution in [3.05, 3.63) is 71.3 Å². The molecule has 3 rings (SSSR count). The van der Waals surface area contributed by atoms with E-state index >= 15 is 0 Å². The Balaban J connectivity index is 1.85. The van der Waals surface area contributed by atoms with E-state index < -0.39 is 11.6 Å². The molecule has 2 aromatic carbocycles. The molecule has 23 heavy (non-hydrogen) atoms. The van der Waals surface area contributed by atoms with Gasteiger partial charge in [-0.05, 0) is 29.3 Å². The molecule has 0 bridgehead atoms. The molecule has 118 valence electrons. The number of aliphatic carboxylic acids is 1. The van der Waals surface area contributed by atoms with Gasteiger partial charge >= 0.3 is 5.97 Å². The number of carboxylic acid groups (broad SMARTS) is 1. The van der Waals surface area contributed by atoms with Crippen molar-refractivity contribution in [3.8, 4) is 5.75 Å². The quantitative estimate of drug-likeness (QED) is 0.655. The Kier molecular flexibility index (Phi) is 4.17. The van der Waals surface area contributed by atoms with E-state index in [4.69, 9.17) is 9.47 Å². The summed E-state index contributed by atoms with van der Waals surface area (Å²) in [6.07, 6.45) is 2.03. The normalized spacial score (nSPS) is 20.1. The number of carbonyl (C=O) groups is 1. The molecule has 1 aliphatic heterocycles. The van der Waals surface area contributed by atoms with Gasteiger partial charge in [-0.2, -0.15) is 0 Å². The van der Waals surface area contributed by atoms with Crippen LogP contribution < -0.4 is 4.74 Å². The number of methoxy groups -OCH3 is 1. The third-order valence-corrected chi connectivity index (χ3v) is 4.00. The third-order valence-electron chi connectivity index (χ3n) is 4.00. The van der Waals surface area contributed by atoms with E-state index in [0.717, 1.165) is 16.9 Å². The number of epoxide rings is 1. The van der Waals surface area contributed by atoms with Crippen LogP contribution in [0.15, 0.2) is 60.2 Å². The summed E-state index contributed by atoms with van der Waals surface area (Å²) in [5, 5.41) is 9.52. The average Bonchev–Trinajstić information content (AvgIpc) is 3.36. The zero-order valence-electron chi connectivity index (χ0n) is 12.9. The summed E-state index contributed by atoms with van der Waals surface area (Å²) in [4.78, 5) is 11.6. The predicted octanol–water partition coefficient (Wildman–Crippen LogP) is 3.48. The van der Waals surface area contributed by atoms with Crippen LogP contribution in [0.3, 0.4) is 0 Å². The van der Waals surface area contributed by atoms with Crippen molar-refractivity contribution in [2.45, 2.75) is 12.0 Å².